The van der Waals surface area contributed by atoms with Gasteiger partial charge in [0.2, 0.25) is 5.91 Å². The fourth-order valence-corrected chi connectivity index (χ4v) is 3.85. The van der Waals surface area contributed by atoms with Crippen molar-refractivity contribution in [1.82, 2.24) is 4.90 Å². The van der Waals surface area contributed by atoms with Gasteiger partial charge in [-0.3, -0.25) is 4.79 Å². The number of methoxy groups -OCH3 is 1. The molecule has 3 rings (SSSR count). The van der Waals surface area contributed by atoms with Crippen LogP contribution < -0.4 is 4.74 Å². The smallest absolute Gasteiger partial charge is 0.246 e. The van der Waals surface area contributed by atoms with E-state index < -0.39 is 0 Å². The van der Waals surface area contributed by atoms with Gasteiger partial charge in [-0.15, -0.1) is 0 Å². The minimum absolute atomic E-state index is 0.0252. The van der Waals surface area contributed by atoms with Gasteiger partial charge >= 0.3 is 0 Å². The predicted molar refractivity (Wildman–Crippen MR) is 120 cm³/mol. The molecule has 0 saturated heterocycles. The Bertz CT molecular complexity index is 1080. The highest BCUT2D eigenvalue weighted by atomic mass is 35.5. The molecule has 0 spiro atoms. The van der Waals surface area contributed by atoms with Crippen molar-refractivity contribution in [1.29, 1.82) is 0 Å². The van der Waals surface area contributed by atoms with Crippen LogP contribution in [0.15, 0.2) is 47.1 Å². The van der Waals surface area contributed by atoms with Crippen molar-refractivity contribution in [3.8, 4) is 16.9 Å². The third kappa shape index (κ3) is 4.29. The van der Waals surface area contributed by atoms with Gasteiger partial charge in [-0.2, -0.15) is 0 Å². The minimum Gasteiger partial charge on any atom is -0.496 e. The van der Waals surface area contributed by atoms with Gasteiger partial charge in [0.05, 0.1) is 18.4 Å². The molecular weight excluding hydrogens is 409 g/mol. The van der Waals surface area contributed by atoms with Crippen LogP contribution in [0.1, 0.15) is 26.3 Å². The molecule has 2 aromatic carbocycles. The molecule has 0 bridgehead atoms. The number of likely N-dealkylation sites (N-methyl/N-ethyl adjacent to an activating group) is 1. The first kappa shape index (κ1) is 21.3. The van der Waals surface area contributed by atoms with Gasteiger partial charge < -0.3 is 14.1 Å². The lowest BCUT2D eigenvalue weighted by Crippen LogP contribution is -2.28. The lowest BCUT2D eigenvalue weighted by atomic mass is 9.99. The zero-order valence-electron chi connectivity index (χ0n) is 16.9. The number of ether oxygens (including phenoxy) is 1. The Kier molecular flexibility index (Phi) is 6.56. The minimum atomic E-state index is -0.0252. The summed E-state index contributed by atoms with van der Waals surface area (Å²) in [5.74, 6) is 0.615. The maximum absolute atomic E-state index is 12.5. The molecule has 0 aliphatic rings. The Morgan fingerprint density at radius 1 is 1.14 bits per heavy atom. The van der Waals surface area contributed by atoms with Crippen molar-refractivity contribution >= 4 is 45.7 Å². The van der Waals surface area contributed by atoms with Gasteiger partial charge in [-0.25, -0.2) is 0 Å². The highest BCUT2D eigenvalue weighted by Crippen LogP contribution is 2.40. The van der Waals surface area contributed by atoms with Crippen LogP contribution in [-0.4, -0.2) is 31.0 Å². The van der Waals surface area contributed by atoms with Crippen LogP contribution in [0.3, 0.4) is 0 Å². The number of carbonyl (C=O) groups is 1. The number of rotatable bonds is 6. The average molecular weight is 432 g/mol. The van der Waals surface area contributed by atoms with Gasteiger partial charge in [-0.1, -0.05) is 29.3 Å². The number of fused-ring (bicyclic) bond motifs is 1. The molecule has 1 heterocycles. The van der Waals surface area contributed by atoms with Crippen LogP contribution >= 0.6 is 23.2 Å². The molecule has 4 nitrogen and oxygen atoms in total. The molecule has 29 heavy (non-hydrogen) atoms. The predicted octanol–water partition coefficient (Wildman–Crippen LogP) is 6.69. The lowest BCUT2D eigenvalue weighted by molar-refractivity contribution is -0.125. The summed E-state index contributed by atoms with van der Waals surface area (Å²) in [6, 6.07) is 9.16. The van der Waals surface area contributed by atoms with Crippen LogP contribution in [0.4, 0.5) is 0 Å². The molecule has 1 amide bonds. The summed E-state index contributed by atoms with van der Waals surface area (Å²) in [4.78, 5) is 14.3. The van der Waals surface area contributed by atoms with E-state index in [1.54, 1.807) is 36.5 Å². The number of amides is 1. The molecule has 0 radical (unpaired) electrons. The highest BCUT2D eigenvalue weighted by molar-refractivity contribution is 6.36. The molecule has 0 N–H and O–H groups in total. The van der Waals surface area contributed by atoms with Crippen molar-refractivity contribution in [3.63, 3.8) is 0 Å². The first-order valence-electron chi connectivity index (χ1n) is 9.41. The van der Waals surface area contributed by atoms with E-state index in [0.717, 1.165) is 27.6 Å². The van der Waals surface area contributed by atoms with Gasteiger partial charge in [0.15, 0.2) is 0 Å². The highest BCUT2D eigenvalue weighted by Gasteiger charge is 2.17. The number of halogens is 2. The van der Waals surface area contributed by atoms with Crippen LogP contribution in [0.5, 0.6) is 5.75 Å². The zero-order chi connectivity index (χ0) is 21.1. The Morgan fingerprint density at radius 3 is 2.48 bits per heavy atom. The Labute approximate surface area is 180 Å². The topological polar surface area (TPSA) is 42.7 Å². The van der Waals surface area contributed by atoms with E-state index in [9.17, 15) is 4.79 Å². The van der Waals surface area contributed by atoms with E-state index >= 15 is 0 Å². The molecule has 1 aromatic heterocycles. The monoisotopic (exact) mass is 431 g/mol. The SMILES string of the molecule is CCN(CC)C(=O)/C=C(\C)c1cc2c(-c3ccc(Cl)cc3Cl)coc2cc1OC. The molecule has 0 unspecified atom stereocenters. The fourth-order valence-electron chi connectivity index (χ4n) is 3.34. The second kappa shape index (κ2) is 8.93. The molecule has 6 heteroatoms. The molecule has 0 aliphatic carbocycles. The molecule has 0 atom stereocenters. The molecule has 0 saturated carbocycles. The number of benzene rings is 2. The van der Waals surface area contributed by atoms with Crippen molar-refractivity contribution in [2.45, 2.75) is 20.8 Å². The van der Waals surface area contributed by atoms with Crippen LogP contribution in [0.2, 0.25) is 10.0 Å². The van der Waals surface area contributed by atoms with Crippen molar-refractivity contribution in [2.24, 2.45) is 0 Å². The Morgan fingerprint density at radius 2 is 1.86 bits per heavy atom. The van der Waals surface area contributed by atoms with Crippen LogP contribution in [-0.2, 0) is 4.79 Å². The average Bonchev–Trinajstić information content (AvgIpc) is 3.10. The summed E-state index contributed by atoms with van der Waals surface area (Å²) in [5.41, 5.74) is 4.00. The maximum atomic E-state index is 12.5. The summed E-state index contributed by atoms with van der Waals surface area (Å²) < 4.78 is 11.3. The second-order valence-corrected chi connectivity index (χ2v) is 7.50. The third-order valence-electron chi connectivity index (χ3n) is 4.96. The van der Waals surface area contributed by atoms with Crippen LogP contribution in [0.25, 0.3) is 27.7 Å². The number of furan rings is 1. The molecule has 0 fully saturated rings. The van der Waals surface area contributed by atoms with Gasteiger partial charge in [-0.05, 0) is 44.5 Å². The lowest BCUT2D eigenvalue weighted by Gasteiger charge is -2.17. The van der Waals surface area contributed by atoms with E-state index in [4.69, 9.17) is 32.4 Å². The summed E-state index contributed by atoms with van der Waals surface area (Å²) in [6.45, 7) is 7.15. The van der Waals surface area contributed by atoms with Crippen molar-refractivity contribution in [2.75, 3.05) is 20.2 Å². The summed E-state index contributed by atoms with van der Waals surface area (Å²) in [7, 11) is 1.60. The van der Waals surface area contributed by atoms with Gasteiger partial charge in [0.1, 0.15) is 11.3 Å². The third-order valence-corrected chi connectivity index (χ3v) is 5.50. The van der Waals surface area contributed by atoms with E-state index in [0.29, 0.717) is 34.5 Å². The molecule has 152 valence electrons. The molecule has 0 aliphatic heterocycles. The number of hydrogen-bond acceptors (Lipinski definition) is 3. The largest absolute Gasteiger partial charge is 0.496 e. The van der Waals surface area contributed by atoms with Crippen LogP contribution in [0, 0.1) is 0 Å². The number of nitrogens with zero attached hydrogens (tertiary/aromatic N) is 1. The normalized spacial score (nSPS) is 11.7. The van der Waals surface area contributed by atoms with E-state index in [-0.39, 0.29) is 5.91 Å². The van der Waals surface area contributed by atoms with E-state index in [2.05, 4.69) is 0 Å². The van der Waals surface area contributed by atoms with Gasteiger partial charge in [0, 0.05) is 52.3 Å². The number of carbonyl (C=O) groups excluding carboxylic acids is 1. The standard InChI is InChI=1S/C23H23Cl2NO3/c1-5-26(6-2)23(27)9-14(3)17-11-18-19(13-29-22(18)12-21(17)28-4)16-8-7-15(24)10-20(16)25/h7-13H,5-6H2,1-4H3/b14-9+. The summed E-state index contributed by atoms with van der Waals surface area (Å²) in [5, 5.41) is 2.00. The summed E-state index contributed by atoms with van der Waals surface area (Å²) >= 11 is 12.4. The van der Waals surface area contributed by atoms with Gasteiger partial charge in [0.25, 0.3) is 0 Å². The molecular formula is C23H23Cl2NO3. The molecule has 3 aromatic rings. The fraction of sp³-hybridized carbons (Fsp3) is 0.261. The van der Waals surface area contributed by atoms with Crippen molar-refractivity contribution in [3.05, 3.63) is 58.3 Å². The van der Waals surface area contributed by atoms with E-state index in [1.165, 1.54) is 0 Å². The Hall–Kier alpha value is -2.43. The van der Waals surface area contributed by atoms with Crippen molar-refractivity contribution < 1.29 is 13.9 Å². The summed E-state index contributed by atoms with van der Waals surface area (Å²) in [6.07, 6.45) is 3.31. The number of hydrogen-bond donors (Lipinski definition) is 0. The maximum Gasteiger partial charge on any atom is 0.246 e. The quantitative estimate of drug-likeness (QED) is 0.408. The Balaban J connectivity index is 2.14. The first-order chi connectivity index (χ1) is 13.9. The number of allylic oxidation sites excluding steroid dienone is 1. The second-order valence-electron chi connectivity index (χ2n) is 6.66. The van der Waals surface area contributed by atoms with E-state index in [1.807, 2.05) is 39.0 Å². The zero-order valence-corrected chi connectivity index (χ0v) is 18.4. The first-order valence-corrected chi connectivity index (χ1v) is 10.2.